The van der Waals surface area contributed by atoms with E-state index < -0.39 is 0 Å². The van der Waals surface area contributed by atoms with Gasteiger partial charge in [-0.05, 0) is 18.1 Å². The summed E-state index contributed by atoms with van der Waals surface area (Å²) in [6.45, 7) is 13.7. The lowest BCUT2D eigenvalue weighted by Gasteiger charge is -2.03. The molecular formula is C13H24Br2. The van der Waals surface area contributed by atoms with E-state index in [9.17, 15) is 0 Å². The zero-order chi connectivity index (χ0) is 12.7. The van der Waals surface area contributed by atoms with Gasteiger partial charge in [0, 0.05) is 10.7 Å². The van der Waals surface area contributed by atoms with Gasteiger partial charge in [0.25, 0.3) is 0 Å². The second-order valence-electron chi connectivity index (χ2n) is 2.01. The van der Waals surface area contributed by atoms with Gasteiger partial charge in [0.15, 0.2) is 0 Å². The molecule has 0 aliphatic rings. The first-order chi connectivity index (χ1) is 7.29. The van der Waals surface area contributed by atoms with Crippen molar-refractivity contribution >= 4 is 31.9 Å². The number of hydrogen-bond donors (Lipinski definition) is 0. The predicted molar refractivity (Wildman–Crippen MR) is 82.3 cm³/mol. The van der Waals surface area contributed by atoms with Crippen molar-refractivity contribution in [2.24, 2.45) is 0 Å². The molecule has 0 fully saturated rings. The van der Waals surface area contributed by atoms with E-state index in [1.807, 2.05) is 46.8 Å². The van der Waals surface area contributed by atoms with Crippen molar-refractivity contribution in [1.82, 2.24) is 0 Å². The lowest BCUT2D eigenvalue weighted by molar-refractivity contribution is 1.37. The summed E-state index contributed by atoms with van der Waals surface area (Å²) >= 11 is 6.84. The Kier molecular flexibility index (Phi) is 27.0. The highest BCUT2D eigenvalue weighted by molar-refractivity contribution is 9.09. The van der Waals surface area contributed by atoms with Crippen LogP contribution in [0.15, 0.2) is 36.0 Å². The molecule has 90 valence electrons. The second kappa shape index (κ2) is 19.7. The van der Waals surface area contributed by atoms with Crippen LogP contribution in [0.4, 0.5) is 0 Å². The van der Waals surface area contributed by atoms with Crippen molar-refractivity contribution in [2.45, 2.75) is 34.6 Å². The summed E-state index contributed by atoms with van der Waals surface area (Å²) in [5.74, 6) is 0. The van der Waals surface area contributed by atoms with Gasteiger partial charge < -0.3 is 0 Å². The van der Waals surface area contributed by atoms with Crippen molar-refractivity contribution in [3.63, 3.8) is 0 Å². The van der Waals surface area contributed by atoms with E-state index in [1.165, 1.54) is 11.1 Å². The average Bonchev–Trinajstić information content (AvgIpc) is 2.34. The highest BCUT2D eigenvalue weighted by Crippen LogP contribution is 2.14. The monoisotopic (exact) mass is 338 g/mol. The minimum atomic E-state index is 0.879. The summed E-state index contributed by atoms with van der Waals surface area (Å²) in [5.41, 5.74) is 2.58. The standard InChI is InChI=1S/C9H12Br2.2C2H6/c1-3-5-9(7-11)8(4-2)6-10;2*1-2/h3-5H,1,6-7H2,2H3;2*1-2H3/b8-4-,9-5-;;. The normalized spacial score (nSPS) is 10.6. The van der Waals surface area contributed by atoms with E-state index in [0.29, 0.717) is 0 Å². The molecule has 2 heteroatoms. The summed E-state index contributed by atoms with van der Waals surface area (Å²) in [4.78, 5) is 0. The lowest BCUT2D eigenvalue weighted by atomic mass is 10.1. The molecule has 0 aromatic rings. The van der Waals surface area contributed by atoms with Gasteiger partial charge in [-0.1, -0.05) is 84.4 Å². The van der Waals surface area contributed by atoms with Crippen LogP contribution in [0.2, 0.25) is 0 Å². The maximum absolute atomic E-state index is 3.66. The summed E-state index contributed by atoms with van der Waals surface area (Å²) in [6.07, 6.45) is 5.93. The SMILES string of the molecule is C=C/C=C(CBr)\C(=C/C)CBr.CC.CC. The zero-order valence-corrected chi connectivity index (χ0v) is 13.8. The number of hydrogen-bond acceptors (Lipinski definition) is 0. The van der Waals surface area contributed by atoms with Gasteiger partial charge >= 0.3 is 0 Å². The van der Waals surface area contributed by atoms with E-state index in [0.717, 1.165) is 10.7 Å². The minimum absolute atomic E-state index is 0.879. The van der Waals surface area contributed by atoms with E-state index in [2.05, 4.69) is 44.5 Å². The van der Waals surface area contributed by atoms with E-state index >= 15 is 0 Å². The van der Waals surface area contributed by atoms with E-state index in [1.54, 1.807) is 0 Å². The van der Waals surface area contributed by atoms with Crippen LogP contribution in [0.25, 0.3) is 0 Å². The average molecular weight is 340 g/mol. The highest BCUT2D eigenvalue weighted by atomic mass is 79.9. The summed E-state index contributed by atoms with van der Waals surface area (Å²) in [7, 11) is 0. The Labute approximate surface area is 113 Å². The molecule has 15 heavy (non-hydrogen) atoms. The molecule has 0 spiro atoms. The van der Waals surface area contributed by atoms with Crippen molar-refractivity contribution in [3.05, 3.63) is 36.0 Å². The first kappa shape index (κ1) is 20.6. The Morgan fingerprint density at radius 2 is 1.40 bits per heavy atom. The molecule has 0 heterocycles. The Balaban J connectivity index is -0.000000318. The molecule has 0 saturated carbocycles. The van der Waals surface area contributed by atoms with E-state index in [4.69, 9.17) is 0 Å². The van der Waals surface area contributed by atoms with Crippen molar-refractivity contribution in [1.29, 1.82) is 0 Å². The molecular weight excluding hydrogens is 316 g/mol. The second-order valence-corrected chi connectivity index (χ2v) is 3.13. The Morgan fingerprint density at radius 1 is 1.00 bits per heavy atom. The van der Waals surface area contributed by atoms with Gasteiger partial charge in [-0.2, -0.15) is 0 Å². The van der Waals surface area contributed by atoms with Gasteiger partial charge in [-0.3, -0.25) is 0 Å². The Hall–Kier alpha value is 0.180. The number of alkyl halides is 2. The minimum Gasteiger partial charge on any atom is -0.0991 e. The summed E-state index contributed by atoms with van der Waals surface area (Å²) in [6, 6.07) is 0. The van der Waals surface area contributed by atoms with Crippen molar-refractivity contribution in [3.8, 4) is 0 Å². The van der Waals surface area contributed by atoms with Gasteiger partial charge in [-0.25, -0.2) is 0 Å². The molecule has 0 aliphatic carbocycles. The number of halogens is 2. The molecule has 0 amide bonds. The van der Waals surface area contributed by atoms with Crippen molar-refractivity contribution in [2.75, 3.05) is 10.7 Å². The van der Waals surface area contributed by atoms with Gasteiger partial charge in [0.2, 0.25) is 0 Å². The largest absolute Gasteiger partial charge is 0.0991 e. The van der Waals surface area contributed by atoms with Crippen LogP contribution in [0.5, 0.6) is 0 Å². The molecule has 0 bridgehead atoms. The molecule has 0 N–H and O–H groups in total. The quantitative estimate of drug-likeness (QED) is 0.442. The zero-order valence-electron chi connectivity index (χ0n) is 10.6. The van der Waals surface area contributed by atoms with Crippen molar-refractivity contribution < 1.29 is 0 Å². The van der Waals surface area contributed by atoms with Crippen LogP contribution in [0.1, 0.15) is 34.6 Å². The number of allylic oxidation sites excluding steroid dienone is 5. The van der Waals surface area contributed by atoms with E-state index in [-0.39, 0.29) is 0 Å². The topological polar surface area (TPSA) is 0 Å². The predicted octanol–water partition coefficient (Wildman–Crippen LogP) is 5.89. The Bertz CT molecular complexity index is 179. The van der Waals surface area contributed by atoms with Crippen LogP contribution in [-0.4, -0.2) is 10.7 Å². The third-order valence-corrected chi connectivity index (χ3v) is 2.58. The third-order valence-electron chi connectivity index (χ3n) is 1.37. The lowest BCUT2D eigenvalue weighted by Crippen LogP contribution is -1.91. The molecule has 0 aromatic carbocycles. The van der Waals surface area contributed by atoms with Gasteiger partial charge in [0.05, 0.1) is 0 Å². The first-order valence-electron chi connectivity index (χ1n) is 5.39. The third kappa shape index (κ3) is 12.1. The smallest absolute Gasteiger partial charge is 0.0285 e. The molecule has 0 atom stereocenters. The van der Waals surface area contributed by atoms with Crippen LogP contribution in [-0.2, 0) is 0 Å². The molecule has 0 aliphatic heterocycles. The molecule has 0 unspecified atom stereocenters. The number of rotatable bonds is 4. The van der Waals surface area contributed by atoms with Crippen LogP contribution in [0.3, 0.4) is 0 Å². The molecule has 0 aromatic heterocycles. The Morgan fingerprint density at radius 3 is 1.60 bits per heavy atom. The molecule has 0 rings (SSSR count). The van der Waals surface area contributed by atoms with Crippen LogP contribution < -0.4 is 0 Å². The maximum Gasteiger partial charge on any atom is 0.0285 e. The van der Waals surface area contributed by atoms with Crippen LogP contribution in [0, 0.1) is 0 Å². The molecule has 0 saturated heterocycles. The summed E-state index contributed by atoms with van der Waals surface area (Å²) < 4.78 is 0. The molecule has 0 nitrogen and oxygen atoms in total. The summed E-state index contributed by atoms with van der Waals surface area (Å²) in [5, 5.41) is 1.78. The fourth-order valence-electron chi connectivity index (χ4n) is 0.728. The fraction of sp³-hybridized carbons (Fsp3) is 0.538. The maximum atomic E-state index is 3.66. The van der Waals surface area contributed by atoms with Crippen LogP contribution >= 0.6 is 31.9 Å². The van der Waals surface area contributed by atoms with Gasteiger partial charge in [-0.15, -0.1) is 0 Å². The fourth-order valence-corrected chi connectivity index (χ4v) is 1.96. The molecule has 0 radical (unpaired) electrons. The van der Waals surface area contributed by atoms with Gasteiger partial charge in [0.1, 0.15) is 0 Å². The first-order valence-corrected chi connectivity index (χ1v) is 7.63. The highest BCUT2D eigenvalue weighted by Gasteiger charge is 1.98.